The molecule has 0 spiro atoms. The Kier molecular flexibility index (Phi) is 5.78. The van der Waals surface area contributed by atoms with Gasteiger partial charge in [-0.25, -0.2) is 0 Å². The normalized spacial score (nSPS) is 24.9. The number of aliphatic hydroxyl groups is 1. The minimum Gasteiger partial charge on any atom is -0.396 e. The van der Waals surface area contributed by atoms with Crippen LogP contribution in [0.1, 0.15) is 19.3 Å². The summed E-state index contributed by atoms with van der Waals surface area (Å²) in [5, 5.41) is 8.63. The van der Waals surface area contributed by atoms with Crippen LogP contribution < -0.4 is 5.73 Å². The number of hydrogen-bond donors (Lipinski definition) is 2. The quantitative estimate of drug-likeness (QED) is 0.667. The number of hydrogen-bond acceptors (Lipinski definition) is 4. The van der Waals surface area contributed by atoms with E-state index in [2.05, 4.69) is 0 Å². The fourth-order valence-corrected chi connectivity index (χ4v) is 2.51. The van der Waals surface area contributed by atoms with E-state index >= 15 is 0 Å². The molecule has 1 heterocycles. The van der Waals surface area contributed by atoms with Gasteiger partial charge < -0.3 is 15.6 Å². The van der Waals surface area contributed by atoms with Gasteiger partial charge in [-0.1, -0.05) is 0 Å². The van der Waals surface area contributed by atoms with E-state index in [1.165, 1.54) is 12.8 Å². The largest absolute Gasteiger partial charge is 0.396 e. The predicted molar refractivity (Wildman–Crippen MR) is 56.0 cm³/mol. The van der Waals surface area contributed by atoms with E-state index < -0.39 is 0 Å². The average Bonchev–Trinajstić information content (AvgIpc) is 2.57. The van der Waals surface area contributed by atoms with Crippen molar-refractivity contribution in [2.75, 3.05) is 24.7 Å². The second-order valence-electron chi connectivity index (χ2n) is 3.44. The zero-order chi connectivity index (χ0) is 9.52. The van der Waals surface area contributed by atoms with E-state index in [4.69, 9.17) is 15.6 Å². The number of ether oxygens (including phenoxy) is 1. The molecule has 1 aliphatic rings. The van der Waals surface area contributed by atoms with Crippen molar-refractivity contribution in [2.45, 2.75) is 31.4 Å². The first-order valence-electron chi connectivity index (χ1n) is 4.88. The summed E-state index contributed by atoms with van der Waals surface area (Å²) in [5.74, 6) is 1.99. The van der Waals surface area contributed by atoms with Crippen molar-refractivity contribution in [2.24, 2.45) is 5.73 Å². The van der Waals surface area contributed by atoms with E-state index in [1.807, 2.05) is 11.8 Å². The standard InChI is InChI=1S/C9H19NO2S/c10-8(3-4-11)6-13-7-9-2-1-5-12-9/h8-9,11H,1-7,10H2. The highest BCUT2D eigenvalue weighted by molar-refractivity contribution is 7.99. The molecule has 0 aromatic carbocycles. The third-order valence-corrected chi connectivity index (χ3v) is 3.43. The topological polar surface area (TPSA) is 55.5 Å². The van der Waals surface area contributed by atoms with E-state index in [-0.39, 0.29) is 12.6 Å². The van der Waals surface area contributed by atoms with E-state index in [0.717, 1.165) is 18.1 Å². The molecule has 1 aliphatic heterocycles. The van der Waals surface area contributed by atoms with E-state index in [0.29, 0.717) is 12.5 Å². The molecule has 0 aromatic heterocycles. The number of nitrogens with two attached hydrogens (primary N) is 1. The molecule has 0 aromatic rings. The van der Waals surface area contributed by atoms with Gasteiger partial charge in [0.25, 0.3) is 0 Å². The Bertz CT molecular complexity index is 129. The van der Waals surface area contributed by atoms with Crippen molar-refractivity contribution < 1.29 is 9.84 Å². The average molecular weight is 205 g/mol. The van der Waals surface area contributed by atoms with Gasteiger partial charge in [0.15, 0.2) is 0 Å². The smallest absolute Gasteiger partial charge is 0.0666 e. The monoisotopic (exact) mass is 205 g/mol. The van der Waals surface area contributed by atoms with Gasteiger partial charge in [0, 0.05) is 30.8 Å². The van der Waals surface area contributed by atoms with Crippen LogP contribution in [-0.4, -0.2) is 42.0 Å². The van der Waals surface area contributed by atoms with Crippen LogP contribution in [0.4, 0.5) is 0 Å². The number of rotatable bonds is 6. The Balaban J connectivity index is 1.93. The third kappa shape index (κ3) is 4.86. The van der Waals surface area contributed by atoms with Gasteiger partial charge in [-0.05, 0) is 19.3 Å². The fraction of sp³-hybridized carbons (Fsp3) is 1.00. The van der Waals surface area contributed by atoms with Gasteiger partial charge in [0.05, 0.1) is 6.10 Å². The molecule has 78 valence electrons. The van der Waals surface area contributed by atoms with Crippen LogP contribution in [0.25, 0.3) is 0 Å². The molecule has 0 amide bonds. The third-order valence-electron chi connectivity index (χ3n) is 2.16. The van der Waals surface area contributed by atoms with Crippen LogP contribution in [0.2, 0.25) is 0 Å². The van der Waals surface area contributed by atoms with E-state index in [9.17, 15) is 0 Å². The Morgan fingerprint density at radius 2 is 2.46 bits per heavy atom. The lowest BCUT2D eigenvalue weighted by Gasteiger charge is -2.12. The maximum absolute atomic E-state index is 8.63. The van der Waals surface area contributed by atoms with Crippen molar-refractivity contribution in [3.63, 3.8) is 0 Å². The summed E-state index contributed by atoms with van der Waals surface area (Å²) in [6.45, 7) is 1.12. The van der Waals surface area contributed by atoms with Gasteiger partial charge >= 0.3 is 0 Å². The molecule has 0 bridgehead atoms. The van der Waals surface area contributed by atoms with Crippen molar-refractivity contribution in [3.05, 3.63) is 0 Å². The molecule has 1 saturated heterocycles. The molecule has 0 saturated carbocycles. The summed E-state index contributed by atoms with van der Waals surface area (Å²) in [4.78, 5) is 0. The molecule has 0 aliphatic carbocycles. The molecular weight excluding hydrogens is 186 g/mol. The summed E-state index contributed by atoms with van der Waals surface area (Å²) >= 11 is 1.84. The minimum absolute atomic E-state index is 0.136. The zero-order valence-corrected chi connectivity index (χ0v) is 8.76. The van der Waals surface area contributed by atoms with Gasteiger partial charge in [0.2, 0.25) is 0 Å². The molecule has 3 nitrogen and oxygen atoms in total. The van der Waals surface area contributed by atoms with Crippen LogP contribution in [0.3, 0.4) is 0 Å². The molecule has 13 heavy (non-hydrogen) atoms. The zero-order valence-electron chi connectivity index (χ0n) is 7.95. The summed E-state index contributed by atoms with van der Waals surface area (Å²) in [6.07, 6.45) is 3.56. The van der Waals surface area contributed by atoms with Crippen LogP contribution in [-0.2, 0) is 4.74 Å². The lowest BCUT2D eigenvalue weighted by Crippen LogP contribution is -2.25. The number of thioether (sulfide) groups is 1. The molecule has 1 fully saturated rings. The first-order chi connectivity index (χ1) is 6.33. The SMILES string of the molecule is NC(CCO)CSCC1CCCO1. The Labute approximate surface area is 84.0 Å². The van der Waals surface area contributed by atoms with Crippen LogP contribution in [0, 0.1) is 0 Å². The van der Waals surface area contributed by atoms with Gasteiger partial charge in [0.1, 0.15) is 0 Å². The summed E-state index contributed by atoms with van der Waals surface area (Å²) in [6, 6.07) is 0.136. The summed E-state index contributed by atoms with van der Waals surface area (Å²) in [7, 11) is 0. The van der Waals surface area contributed by atoms with Gasteiger partial charge in [-0.2, -0.15) is 11.8 Å². The first kappa shape index (κ1) is 11.3. The fourth-order valence-electron chi connectivity index (χ4n) is 1.38. The minimum atomic E-state index is 0.136. The van der Waals surface area contributed by atoms with Crippen molar-refractivity contribution in [1.82, 2.24) is 0 Å². The molecule has 0 radical (unpaired) electrons. The molecule has 4 heteroatoms. The highest BCUT2D eigenvalue weighted by Crippen LogP contribution is 2.17. The van der Waals surface area contributed by atoms with Crippen LogP contribution >= 0.6 is 11.8 Å². The second kappa shape index (κ2) is 6.65. The highest BCUT2D eigenvalue weighted by Gasteiger charge is 2.15. The molecule has 2 atom stereocenters. The highest BCUT2D eigenvalue weighted by atomic mass is 32.2. The Morgan fingerprint density at radius 3 is 3.08 bits per heavy atom. The van der Waals surface area contributed by atoms with Crippen molar-refractivity contribution >= 4 is 11.8 Å². The summed E-state index contributed by atoms with van der Waals surface area (Å²) < 4.78 is 5.48. The molecule has 1 rings (SSSR count). The van der Waals surface area contributed by atoms with Crippen LogP contribution in [0.15, 0.2) is 0 Å². The molecular formula is C9H19NO2S. The van der Waals surface area contributed by atoms with Crippen molar-refractivity contribution in [3.8, 4) is 0 Å². The second-order valence-corrected chi connectivity index (χ2v) is 4.52. The predicted octanol–water partition coefficient (Wildman–Crippen LogP) is 0.608. The van der Waals surface area contributed by atoms with Crippen molar-refractivity contribution in [1.29, 1.82) is 0 Å². The maximum atomic E-state index is 8.63. The van der Waals surface area contributed by atoms with Gasteiger partial charge in [-0.3, -0.25) is 0 Å². The Morgan fingerprint density at radius 1 is 1.62 bits per heavy atom. The molecule has 2 unspecified atom stereocenters. The maximum Gasteiger partial charge on any atom is 0.0666 e. The first-order valence-corrected chi connectivity index (χ1v) is 6.04. The van der Waals surface area contributed by atoms with Gasteiger partial charge in [-0.15, -0.1) is 0 Å². The number of aliphatic hydroxyl groups excluding tert-OH is 1. The Hall–Kier alpha value is 0.230. The molecule has 3 N–H and O–H groups in total. The lowest BCUT2D eigenvalue weighted by atomic mass is 10.3. The van der Waals surface area contributed by atoms with E-state index in [1.54, 1.807) is 0 Å². The van der Waals surface area contributed by atoms with Crippen LogP contribution in [0.5, 0.6) is 0 Å². The summed E-state index contributed by atoms with van der Waals surface area (Å²) in [5.41, 5.74) is 5.75. The lowest BCUT2D eigenvalue weighted by molar-refractivity contribution is 0.129.